The summed E-state index contributed by atoms with van der Waals surface area (Å²) in [4.78, 5) is -0.138. The third-order valence-electron chi connectivity index (χ3n) is 2.35. The summed E-state index contributed by atoms with van der Waals surface area (Å²) < 4.78 is 49.4. The predicted molar refractivity (Wildman–Crippen MR) is 66.1 cm³/mol. The molecule has 0 spiro atoms. The van der Waals surface area contributed by atoms with Crippen molar-refractivity contribution >= 4 is 15.7 Å². The van der Waals surface area contributed by atoms with Crippen molar-refractivity contribution in [2.45, 2.75) is 11.3 Å². The largest absolute Gasteiger partial charge is 0.395 e. The highest BCUT2D eigenvalue weighted by molar-refractivity contribution is 7.89. The first-order valence-electron chi connectivity index (χ1n) is 5.37. The summed E-state index contributed by atoms with van der Waals surface area (Å²) >= 11 is 0. The highest BCUT2D eigenvalue weighted by Gasteiger charge is 2.26. The van der Waals surface area contributed by atoms with Gasteiger partial charge in [0.2, 0.25) is 10.0 Å². The number of alkyl halides is 2. The number of benzene rings is 1. The molecule has 9 heteroatoms. The van der Waals surface area contributed by atoms with Crippen LogP contribution in [0.2, 0.25) is 0 Å². The lowest BCUT2D eigenvalue weighted by molar-refractivity contribution is 0.113. The number of sulfonamides is 1. The molecular weight excluding hydrogens is 280 g/mol. The number of rotatable bonds is 7. The Morgan fingerprint density at radius 2 is 1.89 bits per heavy atom. The molecule has 0 radical (unpaired) electrons. The van der Waals surface area contributed by atoms with Crippen molar-refractivity contribution in [2.24, 2.45) is 5.84 Å². The maximum absolute atomic E-state index is 12.4. The highest BCUT2D eigenvalue weighted by atomic mass is 32.2. The van der Waals surface area contributed by atoms with Crippen molar-refractivity contribution in [3.05, 3.63) is 24.3 Å². The number of hydrazine groups is 1. The maximum atomic E-state index is 12.4. The number of nitrogens with zero attached hydrogens (tertiary/aromatic N) is 1. The minimum absolute atomic E-state index is 0.138. The van der Waals surface area contributed by atoms with Gasteiger partial charge in [0.15, 0.2) is 0 Å². The molecule has 0 unspecified atom stereocenters. The van der Waals surface area contributed by atoms with Crippen LogP contribution in [0.4, 0.5) is 14.5 Å². The van der Waals surface area contributed by atoms with Gasteiger partial charge in [-0.15, -0.1) is 0 Å². The van der Waals surface area contributed by atoms with Gasteiger partial charge in [-0.2, -0.15) is 4.31 Å². The number of hydrogen-bond acceptors (Lipinski definition) is 5. The maximum Gasteiger partial charge on any atom is 0.252 e. The average Bonchev–Trinajstić information content (AvgIpc) is 2.38. The van der Waals surface area contributed by atoms with Crippen molar-refractivity contribution in [1.82, 2.24) is 4.31 Å². The van der Waals surface area contributed by atoms with Gasteiger partial charge in [-0.1, -0.05) is 0 Å². The van der Waals surface area contributed by atoms with Crippen molar-refractivity contribution in [3.63, 3.8) is 0 Å². The molecule has 0 aromatic heterocycles. The normalized spacial score (nSPS) is 12.1. The van der Waals surface area contributed by atoms with E-state index in [1.165, 1.54) is 24.3 Å². The van der Waals surface area contributed by atoms with E-state index in [1.807, 2.05) is 0 Å². The minimum atomic E-state index is -4.06. The minimum Gasteiger partial charge on any atom is -0.395 e. The zero-order chi connectivity index (χ0) is 14.5. The van der Waals surface area contributed by atoms with Crippen LogP contribution < -0.4 is 11.3 Å². The standard InChI is InChI=1S/C10H15F2N3O3S/c11-10(12)7-15(5-6-16)19(17,18)9-3-1-8(14-13)2-4-9/h1-4,10,14,16H,5-7,13H2. The lowest BCUT2D eigenvalue weighted by Crippen LogP contribution is -2.37. The number of halogens is 2. The molecule has 19 heavy (non-hydrogen) atoms. The molecule has 0 aliphatic heterocycles. The van der Waals surface area contributed by atoms with Crippen LogP contribution >= 0.6 is 0 Å². The topological polar surface area (TPSA) is 95.7 Å². The number of nitrogens with one attached hydrogen (secondary N) is 1. The molecule has 1 aromatic rings. The number of hydrogen-bond donors (Lipinski definition) is 3. The van der Waals surface area contributed by atoms with Gasteiger partial charge in [-0.25, -0.2) is 17.2 Å². The van der Waals surface area contributed by atoms with E-state index in [0.717, 1.165) is 0 Å². The van der Waals surface area contributed by atoms with E-state index in [4.69, 9.17) is 10.9 Å². The monoisotopic (exact) mass is 295 g/mol. The summed E-state index contributed by atoms with van der Waals surface area (Å²) in [5.74, 6) is 5.14. The Kier molecular flexibility index (Phi) is 5.60. The summed E-state index contributed by atoms with van der Waals surface area (Å²) in [6, 6.07) is 5.32. The third-order valence-corrected chi connectivity index (χ3v) is 4.23. The molecule has 0 amide bonds. The van der Waals surface area contributed by atoms with Crippen LogP contribution in [0.5, 0.6) is 0 Å². The van der Waals surface area contributed by atoms with Gasteiger partial charge in [-0.05, 0) is 24.3 Å². The molecule has 6 nitrogen and oxygen atoms in total. The fourth-order valence-electron chi connectivity index (χ4n) is 1.45. The molecule has 0 aliphatic rings. The SMILES string of the molecule is NNc1ccc(S(=O)(=O)N(CCO)CC(F)F)cc1. The average molecular weight is 295 g/mol. The number of aliphatic hydroxyl groups is 1. The predicted octanol–water partition coefficient (Wildman–Crippen LogP) is 0.220. The van der Waals surface area contributed by atoms with Gasteiger partial charge >= 0.3 is 0 Å². The molecular formula is C10H15F2N3O3S. The van der Waals surface area contributed by atoms with Crippen molar-refractivity contribution in [3.8, 4) is 0 Å². The van der Waals surface area contributed by atoms with E-state index < -0.39 is 29.6 Å². The molecule has 4 N–H and O–H groups in total. The Labute approximate surface area is 109 Å². The first-order chi connectivity index (χ1) is 8.91. The van der Waals surface area contributed by atoms with Gasteiger partial charge in [-0.3, -0.25) is 5.84 Å². The number of anilines is 1. The second kappa shape index (κ2) is 6.75. The van der Waals surface area contributed by atoms with E-state index in [2.05, 4.69) is 5.43 Å². The zero-order valence-electron chi connectivity index (χ0n) is 9.96. The Hall–Kier alpha value is -1.29. The Morgan fingerprint density at radius 3 is 2.32 bits per heavy atom. The lowest BCUT2D eigenvalue weighted by atomic mass is 10.3. The van der Waals surface area contributed by atoms with Gasteiger partial charge in [0.25, 0.3) is 6.43 Å². The van der Waals surface area contributed by atoms with Gasteiger partial charge < -0.3 is 10.5 Å². The van der Waals surface area contributed by atoms with Crippen LogP contribution in [0.25, 0.3) is 0 Å². The second-order valence-electron chi connectivity index (χ2n) is 3.65. The number of nitrogens with two attached hydrogens (primary N) is 1. The second-order valence-corrected chi connectivity index (χ2v) is 5.58. The van der Waals surface area contributed by atoms with Crippen LogP contribution in [0.1, 0.15) is 0 Å². The van der Waals surface area contributed by atoms with Crippen LogP contribution in [0.3, 0.4) is 0 Å². The highest BCUT2D eigenvalue weighted by Crippen LogP contribution is 2.18. The van der Waals surface area contributed by atoms with E-state index >= 15 is 0 Å². The zero-order valence-corrected chi connectivity index (χ0v) is 10.8. The van der Waals surface area contributed by atoms with E-state index in [-0.39, 0.29) is 11.4 Å². The Morgan fingerprint density at radius 1 is 1.32 bits per heavy atom. The molecule has 0 fully saturated rings. The number of nitrogen functional groups attached to an aromatic ring is 1. The van der Waals surface area contributed by atoms with Crippen LogP contribution in [0, 0.1) is 0 Å². The Balaban J connectivity index is 3.03. The summed E-state index contributed by atoms with van der Waals surface area (Å²) in [6.45, 7) is -1.88. The summed E-state index contributed by atoms with van der Waals surface area (Å²) in [5.41, 5.74) is 2.81. The molecule has 0 saturated carbocycles. The van der Waals surface area contributed by atoms with Crippen LogP contribution in [0.15, 0.2) is 29.2 Å². The quantitative estimate of drug-likeness (QED) is 0.494. The molecule has 1 rings (SSSR count). The summed E-state index contributed by atoms with van der Waals surface area (Å²) in [6.07, 6.45) is -2.81. The van der Waals surface area contributed by atoms with E-state index in [0.29, 0.717) is 9.99 Å². The summed E-state index contributed by atoms with van der Waals surface area (Å²) in [5, 5.41) is 8.76. The molecule has 0 heterocycles. The van der Waals surface area contributed by atoms with E-state index in [9.17, 15) is 17.2 Å². The number of aliphatic hydroxyl groups excluding tert-OH is 1. The molecule has 0 aliphatic carbocycles. The smallest absolute Gasteiger partial charge is 0.252 e. The molecule has 0 bridgehead atoms. The van der Waals surface area contributed by atoms with Crippen molar-refractivity contribution in [2.75, 3.05) is 25.1 Å². The van der Waals surface area contributed by atoms with Crippen molar-refractivity contribution in [1.29, 1.82) is 0 Å². The molecule has 0 saturated heterocycles. The lowest BCUT2D eigenvalue weighted by Gasteiger charge is -2.20. The third kappa shape index (κ3) is 4.10. The first kappa shape index (κ1) is 15.8. The van der Waals surface area contributed by atoms with Crippen LogP contribution in [-0.2, 0) is 10.0 Å². The fraction of sp³-hybridized carbons (Fsp3) is 0.400. The van der Waals surface area contributed by atoms with Crippen LogP contribution in [-0.4, -0.2) is 44.0 Å². The molecule has 108 valence electrons. The molecule has 1 aromatic carbocycles. The van der Waals surface area contributed by atoms with Gasteiger partial charge in [0.1, 0.15) is 0 Å². The first-order valence-corrected chi connectivity index (χ1v) is 6.81. The van der Waals surface area contributed by atoms with Gasteiger partial charge in [0.05, 0.1) is 18.0 Å². The fourth-order valence-corrected chi connectivity index (χ4v) is 2.86. The summed E-state index contributed by atoms with van der Waals surface area (Å²) in [7, 11) is -4.06. The van der Waals surface area contributed by atoms with Crippen molar-refractivity contribution < 1.29 is 22.3 Å². The van der Waals surface area contributed by atoms with E-state index in [1.54, 1.807) is 0 Å². The Bertz CT molecular complexity index is 493. The van der Waals surface area contributed by atoms with Gasteiger partial charge in [0, 0.05) is 12.2 Å². The molecule has 0 atom stereocenters.